The molecule has 0 radical (unpaired) electrons. The van der Waals surface area contributed by atoms with E-state index in [0.717, 1.165) is 6.26 Å². The summed E-state index contributed by atoms with van der Waals surface area (Å²) in [6, 6.07) is 0. The highest BCUT2D eigenvalue weighted by Crippen LogP contribution is 1.97. The van der Waals surface area contributed by atoms with Gasteiger partial charge in [0.15, 0.2) is 0 Å². The molecule has 1 amide bonds. The van der Waals surface area contributed by atoms with Gasteiger partial charge in [-0.15, -0.1) is 6.58 Å². The molecule has 0 fully saturated rings. The summed E-state index contributed by atoms with van der Waals surface area (Å²) < 4.78 is 21.7. The van der Waals surface area contributed by atoms with Crippen LogP contribution in [0.15, 0.2) is 12.7 Å². The van der Waals surface area contributed by atoms with Crippen molar-refractivity contribution < 1.29 is 18.3 Å². The number of hydrogen-bond donors (Lipinski definition) is 1. The van der Waals surface area contributed by atoms with Crippen molar-refractivity contribution >= 4 is 15.7 Å². The largest absolute Gasteiger partial charge is 0.395 e. The number of amides is 1. The first-order valence-electron chi connectivity index (χ1n) is 4.58. The van der Waals surface area contributed by atoms with Crippen LogP contribution in [0.25, 0.3) is 0 Å². The van der Waals surface area contributed by atoms with Crippen LogP contribution in [0, 0.1) is 0 Å². The van der Waals surface area contributed by atoms with Crippen molar-refractivity contribution in [2.45, 2.75) is 6.42 Å². The quantitative estimate of drug-likeness (QED) is 0.600. The highest BCUT2D eigenvalue weighted by Gasteiger charge is 2.13. The second kappa shape index (κ2) is 6.58. The first-order chi connectivity index (χ1) is 6.90. The van der Waals surface area contributed by atoms with E-state index in [1.54, 1.807) is 0 Å². The van der Waals surface area contributed by atoms with Gasteiger partial charge in [0.05, 0.1) is 12.4 Å². The van der Waals surface area contributed by atoms with E-state index in [-0.39, 0.29) is 31.2 Å². The zero-order valence-corrected chi connectivity index (χ0v) is 9.66. The maximum absolute atomic E-state index is 11.5. The molecule has 5 nitrogen and oxygen atoms in total. The number of hydrogen-bond acceptors (Lipinski definition) is 4. The smallest absolute Gasteiger partial charge is 0.223 e. The Morgan fingerprint density at radius 1 is 1.53 bits per heavy atom. The van der Waals surface area contributed by atoms with Crippen LogP contribution in [0.2, 0.25) is 0 Å². The first-order valence-corrected chi connectivity index (χ1v) is 6.64. The van der Waals surface area contributed by atoms with Crippen molar-refractivity contribution in [2.24, 2.45) is 0 Å². The van der Waals surface area contributed by atoms with E-state index in [1.165, 1.54) is 11.0 Å². The molecule has 0 bridgehead atoms. The average Bonchev–Trinajstić information content (AvgIpc) is 2.13. The Morgan fingerprint density at radius 2 is 2.13 bits per heavy atom. The van der Waals surface area contributed by atoms with Gasteiger partial charge in [-0.05, 0) is 0 Å². The lowest BCUT2D eigenvalue weighted by molar-refractivity contribution is -0.130. The molecular formula is C9H17NO4S. The molecule has 6 heteroatoms. The van der Waals surface area contributed by atoms with E-state index in [0.29, 0.717) is 6.54 Å². The third-order valence-corrected chi connectivity index (χ3v) is 2.70. The second-order valence-corrected chi connectivity index (χ2v) is 5.49. The molecule has 0 aliphatic heterocycles. The molecule has 0 aliphatic carbocycles. The summed E-state index contributed by atoms with van der Waals surface area (Å²) in [5, 5.41) is 8.69. The molecule has 0 aromatic rings. The summed E-state index contributed by atoms with van der Waals surface area (Å²) >= 11 is 0. The van der Waals surface area contributed by atoms with Gasteiger partial charge in [0.1, 0.15) is 9.84 Å². The van der Waals surface area contributed by atoms with Crippen LogP contribution in [0.1, 0.15) is 6.42 Å². The van der Waals surface area contributed by atoms with Gasteiger partial charge in [-0.2, -0.15) is 0 Å². The van der Waals surface area contributed by atoms with Crippen molar-refractivity contribution in [1.29, 1.82) is 0 Å². The lowest BCUT2D eigenvalue weighted by Crippen LogP contribution is -2.34. The Labute approximate surface area is 90.3 Å². The number of aliphatic hydroxyl groups excluding tert-OH is 1. The SMILES string of the molecule is C=CCN(CCO)C(=O)CCS(C)(=O)=O. The third kappa shape index (κ3) is 7.10. The maximum atomic E-state index is 11.5. The third-order valence-electron chi connectivity index (χ3n) is 1.76. The zero-order valence-electron chi connectivity index (χ0n) is 8.85. The topological polar surface area (TPSA) is 74.7 Å². The minimum absolute atomic E-state index is 0.0489. The van der Waals surface area contributed by atoms with E-state index >= 15 is 0 Å². The number of aliphatic hydroxyl groups is 1. The molecule has 0 spiro atoms. The number of carbonyl (C=O) groups is 1. The van der Waals surface area contributed by atoms with Crippen LogP contribution < -0.4 is 0 Å². The summed E-state index contributed by atoms with van der Waals surface area (Å²) in [7, 11) is -3.12. The highest BCUT2D eigenvalue weighted by atomic mass is 32.2. The van der Waals surface area contributed by atoms with Crippen LogP contribution in [-0.2, 0) is 14.6 Å². The van der Waals surface area contributed by atoms with Gasteiger partial charge < -0.3 is 10.0 Å². The van der Waals surface area contributed by atoms with Gasteiger partial charge in [0, 0.05) is 25.8 Å². The summed E-state index contributed by atoms with van der Waals surface area (Å²) in [6.07, 6.45) is 2.57. The second-order valence-electron chi connectivity index (χ2n) is 3.23. The molecule has 15 heavy (non-hydrogen) atoms. The van der Waals surface area contributed by atoms with Crippen molar-refractivity contribution in [1.82, 2.24) is 4.90 Å². The van der Waals surface area contributed by atoms with Crippen molar-refractivity contribution in [3.05, 3.63) is 12.7 Å². The van der Waals surface area contributed by atoms with Crippen molar-refractivity contribution in [2.75, 3.05) is 31.7 Å². The summed E-state index contributed by atoms with van der Waals surface area (Å²) in [5.41, 5.74) is 0. The van der Waals surface area contributed by atoms with Crippen molar-refractivity contribution in [3.8, 4) is 0 Å². The van der Waals surface area contributed by atoms with E-state index in [9.17, 15) is 13.2 Å². The normalized spacial score (nSPS) is 11.1. The minimum Gasteiger partial charge on any atom is -0.395 e. The molecule has 0 aromatic heterocycles. The molecule has 0 saturated heterocycles. The molecule has 0 aliphatic rings. The Hall–Kier alpha value is -0.880. The lowest BCUT2D eigenvalue weighted by atomic mass is 10.3. The van der Waals surface area contributed by atoms with Crippen LogP contribution in [-0.4, -0.2) is 56.0 Å². The Balaban J connectivity index is 4.19. The number of sulfone groups is 1. The molecule has 0 heterocycles. The van der Waals surface area contributed by atoms with Gasteiger partial charge >= 0.3 is 0 Å². The van der Waals surface area contributed by atoms with Crippen LogP contribution in [0.3, 0.4) is 0 Å². The Bertz CT molecular complexity index is 310. The zero-order chi connectivity index (χ0) is 11.9. The fourth-order valence-corrected chi connectivity index (χ4v) is 1.57. The molecule has 0 aromatic carbocycles. The standard InChI is InChI=1S/C9H17NO4S/c1-3-5-10(6-7-11)9(12)4-8-15(2,13)14/h3,11H,1,4-8H2,2H3. The fraction of sp³-hybridized carbons (Fsp3) is 0.667. The Morgan fingerprint density at radius 3 is 2.53 bits per heavy atom. The number of nitrogens with zero attached hydrogens (tertiary/aromatic N) is 1. The van der Waals surface area contributed by atoms with Gasteiger partial charge in [-0.3, -0.25) is 4.79 Å². The molecule has 88 valence electrons. The number of carbonyl (C=O) groups excluding carboxylic acids is 1. The number of rotatable bonds is 7. The average molecular weight is 235 g/mol. The van der Waals surface area contributed by atoms with E-state index in [4.69, 9.17) is 5.11 Å². The highest BCUT2D eigenvalue weighted by molar-refractivity contribution is 7.90. The van der Waals surface area contributed by atoms with Gasteiger partial charge in [-0.25, -0.2) is 8.42 Å². The Kier molecular flexibility index (Phi) is 6.19. The van der Waals surface area contributed by atoms with Gasteiger partial charge in [0.2, 0.25) is 5.91 Å². The summed E-state index contributed by atoms with van der Waals surface area (Å²) in [5.74, 6) is -0.445. The first kappa shape index (κ1) is 14.1. The molecule has 0 unspecified atom stereocenters. The minimum atomic E-state index is -3.12. The van der Waals surface area contributed by atoms with E-state index in [1.807, 2.05) is 0 Å². The lowest BCUT2D eigenvalue weighted by Gasteiger charge is -2.19. The van der Waals surface area contributed by atoms with E-state index in [2.05, 4.69) is 6.58 Å². The fourth-order valence-electron chi connectivity index (χ4n) is 1.03. The summed E-state index contributed by atoms with van der Waals surface area (Å²) in [4.78, 5) is 12.8. The molecule has 0 rings (SSSR count). The maximum Gasteiger partial charge on any atom is 0.223 e. The van der Waals surface area contributed by atoms with Gasteiger partial charge in [0.25, 0.3) is 0 Å². The van der Waals surface area contributed by atoms with Crippen LogP contribution in [0.5, 0.6) is 0 Å². The van der Waals surface area contributed by atoms with Crippen LogP contribution >= 0.6 is 0 Å². The monoisotopic (exact) mass is 235 g/mol. The molecule has 1 N–H and O–H groups in total. The predicted molar refractivity (Wildman–Crippen MR) is 58.2 cm³/mol. The summed E-state index contributed by atoms with van der Waals surface area (Å²) in [6.45, 7) is 3.87. The van der Waals surface area contributed by atoms with Gasteiger partial charge in [-0.1, -0.05) is 6.08 Å². The molecular weight excluding hydrogens is 218 g/mol. The predicted octanol–water partition coefficient (Wildman–Crippen LogP) is -0.572. The van der Waals surface area contributed by atoms with Crippen LogP contribution in [0.4, 0.5) is 0 Å². The van der Waals surface area contributed by atoms with Crippen molar-refractivity contribution in [3.63, 3.8) is 0 Å². The molecule has 0 saturated carbocycles. The van der Waals surface area contributed by atoms with E-state index < -0.39 is 9.84 Å². The molecule has 0 atom stereocenters.